The molecule has 0 aliphatic carbocycles. The molecule has 0 fully saturated rings. The first-order valence-corrected chi connectivity index (χ1v) is 46.0. The summed E-state index contributed by atoms with van der Waals surface area (Å²) in [5.41, 5.74) is 0. The van der Waals surface area contributed by atoms with Gasteiger partial charge in [0.25, 0.3) is 0 Å². The first-order valence-electron chi connectivity index (χ1n) is 43.0. The zero-order valence-corrected chi connectivity index (χ0v) is 71.7. The summed E-state index contributed by atoms with van der Waals surface area (Å²) >= 11 is 0. The summed E-state index contributed by atoms with van der Waals surface area (Å²) in [6, 6.07) is 0. The average molecular weight is 1610 g/mol. The largest absolute Gasteiger partial charge is 0.472 e. The zero-order valence-electron chi connectivity index (χ0n) is 70.0. The van der Waals surface area contributed by atoms with E-state index >= 15 is 0 Å². The molecule has 0 saturated carbocycles. The number of carbonyl (C=O) groups is 3. The molecular formula is C95H152O16P2. The number of rotatable bonds is 79. The number of hydrogen-bond acceptors (Lipinski definition) is 14. The number of esters is 3. The first-order chi connectivity index (χ1) is 55.2. The molecule has 0 rings (SSSR count). The quantitative estimate of drug-likeness (QED) is 0.0146. The maximum Gasteiger partial charge on any atom is 0.472 e. The van der Waals surface area contributed by atoms with Crippen LogP contribution in [0.2, 0.25) is 0 Å². The number of unbranched alkanes of at least 4 members (excludes halogenated alkanes) is 20. The van der Waals surface area contributed by atoms with E-state index in [1.807, 2.05) is 0 Å². The van der Waals surface area contributed by atoms with E-state index in [0.717, 1.165) is 212 Å². The molecule has 113 heavy (non-hydrogen) atoms. The Balaban J connectivity index is 4.73. The third-order valence-electron chi connectivity index (χ3n) is 17.2. The van der Waals surface area contributed by atoms with Crippen molar-refractivity contribution >= 4 is 33.6 Å². The van der Waals surface area contributed by atoms with Crippen molar-refractivity contribution < 1.29 is 75.8 Å². The van der Waals surface area contributed by atoms with Crippen molar-refractivity contribution in [3.8, 4) is 0 Å². The standard InChI is InChI=1S/C95H152O16P2/c1-4-7-10-13-16-19-22-25-28-31-34-37-40-42-43-44-45-47-50-51-54-57-60-63-66-69-72-75-78-81-93(98)105-84-90(96)85-107-112(101,102)108-86-91(97)87-109-113(103,104)110-89-92(111-95(100)83-80-77-74-71-68-65-62-59-56-53-48-39-36-33-30-27-24-21-18-15-12-9-6-3)88-106-94(99)82-79-76-73-70-67-64-61-58-55-52-49-46-41-38-35-32-29-26-23-20-17-14-11-8-5-2/h7-12,16-21,25-30,34-39,42-43,45-47,49,53,55-56,58,62,65,90-92,96-97H,4-6,13-15,22-24,31-33,40-41,44,48,50-52,54,57,59-61,63-64,66-89H2,1-3H3,(H,101,102)(H,103,104)/b10-7-,11-8-,12-9-,19-16-,20-17-,21-18-,28-25-,29-26-,30-27-,37-34-,38-35-,39-36-,43-42-,47-45-,49-46-,56-53-,58-55-,65-62-. The van der Waals surface area contributed by atoms with E-state index in [1.54, 1.807) is 0 Å². The lowest BCUT2D eigenvalue weighted by atomic mass is 10.1. The van der Waals surface area contributed by atoms with Gasteiger partial charge in [-0.1, -0.05) is 329 Å². The highest BCUT2D eigenvalue weighted by molar-refractivity contribution is 7.47. The Kier molecular flexibility index (Phi) is 80.6. The first kappa shape index (κ1) is 107. The molecule has 0 heterocycles. The summed E-state index contributed by atoms with van der Waals surface area (Å²) in [7, 11) is -9.84. The van der Waals surface area contributed by atoms with Crippen LogP contribution in [0.4, 0.5) is 0 Å². The fraction of sp³-hybridized carbons (Fsp3) is 0.589. The number of aliphatic hydroxyl groups is 2. The van der Waals surface area contributed by atoms with Gasteiger partial charge in [-0.3, -0.25) is 32.5 Å². The van der Waals surface area contributed by atoms with Crippen molar-refractivity contribution in [3.05, 3.63) is 219 Å². The molecule has 0 spiro atoms. The van der Waals surface area contributed by atoms with Gasteiger partial charge in [-0.25, -0.2) is 9.13 Å². The molecular weight excluding hydrogens is 1460 g/mol. The van der Waals surface area contributed by atoms with Crippen LogP contribution in [-0.2, 0) is 55.8 Å². The SMILES string of the molecule is CC/C=C\C/C=C\C/C=C\C/C=C\C/C=C\C/C=C\CCCCCCCCCCCCC(=O)OCC(O)COP(=O)(O)OCC(O)COP(=O)(O)OCC(COC(=O)CCCCCCCC/C=C\C/C=C\C/C=C\C/C=C\C/C=C\C/C=C\CC)OC(=O)CCCCCC/C=C\C/C=C\C/C=C\C/C=C\C/C=C\C/C=C\CC. The molecule has 0 radical (unpaired) electrons. The van der Waals surface area contributed by atoms with Crippen LogP contribution in [-0.4, -0.2) is 95.9 Å². The summed E-state index contributed by atoms with van der Waals surface area (Å²) < 4.78 is 61.3. The number of ether oxygens (including phenoxy) is 3. The second-order valence-corrected chi connectivity index (χ2v) is 30.7. The van der Waals surface area contributed by atoms with Gasteiger partial charge in [0, 0.05) is 19.3 Å². The lowest BCUT2D eigenvalue weighted by Gasteiger charge is -2.21. The van der Waals surface area contributed by atoms with Crippen molar-refractivity contribution in [2.75, 3.05) is 39.6 Å². The Morgan fingerprint density at radius 3 is 0.699 bits per heavy atom. The number of carbonyl (C=O) groups excluding carboxylic acids is 3. The monoisotopic (exact) mass is 1610 g/mol. The predicted octanol–water partition coefficient (Wildman–Crippen LogP) is 26.2. The summed E-state index contributed by atoms with van der Waals surface area (Å²) in [5.74, 6) is -1.64. The van der Waals surface area contributed by atoms with Crippen LogP contribution in [0, 0.1) is 0 Å². The van der Waals surface area contributed by atoms with E-state index < -0.39 is 91.5 Å². The van der Waals surface area contributed by atoms with Crippen LogP contribution in [0.3, 0.4) is 0 Å². The van der Waals surface area contributed by atoms with Gasteiger partial charge in [0.2, 0.25) is 0 Å². The van der Waals surface area contributed by atoms with E-state index in [4.69, 9.17) is 32.3 Å². The minimum absolute atomic E-state index is 0.0614. The van der Waals surface area contributed by atoms with Crippen LogP contribution < -0.4 is 0 Å². The zero-order chi connectivity index (χ0) is 82.2. The fourth-order valence-electron chi connectivity index (χ4n) is 10.8. The van der Waals surface area contributed by atoms with E-state index in [9.17, 15) is 43.5 Å². The summed E-state index contributed by atoms with van der Waals surface area (Å²) in [5, 5.41) is 20.7. The summed E-state index contributed by atoms with van der Waals surface area (Å²) in [6.07, 6.45) is 115. The second-order valence-electron chi connectivity index (χ2n) is 27.8. The Hall–Kier alpha value is -6.13. The molecule has 0 aromatic heterocycles. The molecule has 0 aliphatic heterocycles. The number of aliphatic hydroxyl groups excluding tert-OH is 2. The molecule has 0 aromatic carbocycles. The molecule has 0 aliphatic rings. The van der Waals surface area contributed by atoms with Crippen molar-refractivity contribution in [3.63, 3.8) is 0 Å². The molecule has 0 bridgehead atoms. The third kappa shape index (κ3) is 86.6. The Morgan fingerprint density at radius 2 is 0.442 bits per heavy atom. The highest BCUT2D eigenvalue weighted by atomic mass is 31.2. The topological polar surface area (TPSA) is 231 Å². The average Bonchev–Trinajstić information content (AvgIpc) is 0.899. The lowest BCUT2D eigenvalue weighted by molar-refractivity contribution is -0.161. The molecule has 0 aromatic rings. The van der Waals surface area contributed by atoms with E-state index in [0.29, 0.717) is 19.3 Å². The Bertz CT molecular complexity index is 2930. The molecule has 0 amide bonds. The molecule has 638 valence electrons. The van der Waals surface area contributed by atoms with Crippen LogP contribution in [0.25, 0.3) is 0 Å². The van der Waals surface area contributed by atoms with Gasteiger partial charge in [-0.2, -0.15) is 0 Å². The Morgan fingerprint density at radius 1 is 0.248 bits per heavy atom. The van der Waals surface area contributed by atoms with Crippen molar-refractivity contribution in [2.45, 2.75) is 322 Å². The molecule has 16 nitrogen and oxygen atoms in total. The number of hydrogen-bond donors (Lipinski definition) is 4. The van der Waals surface area contributed by atoms with Crippen LogP contribution >= 0.6 is 15.6 Å². The molecule has 5 unspecified atom stereocenters. The fourth-order valence-corrected chi connectivity index (χ4v) is 12.3. The van der Waals surface area contributed by atoms with Crippen LogP contribution in [0.1, 0.15) is 303 Å². The number of phosphoric ester groups is 2. The maximum absolute atomic E-state index is 13.0. The molecule has 4 N–H and O–H groups in total. The van der Waals surface area contributed by atoms with Gasteiger partial charge < -0.3 is 34.2 Å². The van der Waals surface area contributed by atoms with E-state index in [1.165, 1.54) is 32.1 Å². The second kappa shape index (κ2) is 85.2. The lowest BCUT2D eigenvalue weighted by Crippen LogP contribution is -2.30. The maximum atomic E-state index is 13.0. The van der Waals surface area contributed by atoms with Crippen LogP contribution in [0.5, 0.6) is 0 Å². The molecule has 18 heteroatoms. The number of phosphoric acid groups is 2. The molecule has 0 saturated heterocycles. The summed E-state index contributed by atoms with van der Waals surface area (Å²) in [4.78, 5) is 58.9. The van der Waals surface area contributed by atoms with E-state index in [2.05, 4.69) is 240 Å². The van der Waals surface area contributed by atoms with Gasteiger partial charge in [0.1, 0.15) is 25.4 Å². The van der Waals surface area contributed by atoms with Gasteiger partial charge >= 0.3 is 33.6 Å². The van der Waals surface area contributed by atoms with Gasteiger partial charge in [-0.05, 0) is 173 Å². The van der Waals surface area contributed by atoms with Crippen molar-refractivity contribution in [2.24, 2.45) is 0 Å². The van der Waals surface area contributed by atoms with Crippen molar-refractivity contribution in [1.82, 2.24) is 0 Å². The highest BCUT2D eigenvalue weighted by Gasteiger charge is 2.29. The van der Waals surface area contributed by atoms with Gasteiger partial charge in [0.15, 0.2) is 6.10 Å². The predicted molar refractivity (Wildman–Crippen MR) is 472 cm³/mol. The van der Waals surface area contributed by atoms with E-state index in [-0.39, 0.29) is 19.3 Å². The van der Waals surface area contributed by atoms with Crippen LogP contribution in [0.15, 0.2) is 219 Å². The minimum atomic E-state index is -4.96. The minimum Gasteiger partial charge on any atom is -0.463 e. The Labute approximate surface area is 685 Å². The summed E-state index contributed by atoms with van der Waals surface area (Å²) in [6.45, 7) is 2.27. The smallest absolute Gasteiger partial charge is 0.463 e. The molecule has 5 atom stereocenters. The normalized spacial score (nSPS) is 14.9. The van der Waals surface area contributed by atoms with Crippen molar-refractivity contribution in [1.29, 1.82) is 0 Å². The van der Waals surface area contributed by atoms with Gasteiger partial charge in [-0.15, -0.1) is 0 Å². The highest BCUT2D eigenvalue weighted by Crippen LogP contribution is 2.45. The third-order valence-corrected chi connectivity index (χ3v) is 19.1. The number of allylic oxidation sites excluding steroid dienone is 36. The van der Waals surface area contributed by atoms with Gasteiger partial charge in [0.05, 0.1) is 26.4 Å².